The van der Waals surface area contributed by atoms with Crippen molar-refractivity contribution in [2.45, 2.75) is 40.0 Å². The molecule has 0 aliphatic carbocycles. The zero-order valence-corrected chi connectivity index (χ0v) is 14.4. The van der Waals surface area contributed by atoms with Crippen molar-refractivity contribution in [1.29, 1.82) is 0 Å². The van der Waals surface area contributed by atoms with Crippen molar-refractivity contribution in [2.75, 3.05) is 17.2 Å². The van der Waals surface area contributed by atoms with E-state index in [1.165, 1.54) is 5.56 Å². The van der Waals surface area contributed by atoms with Crippen molar-refractivity contribution in [1.82, 2.24) is 0 Å². The van der Waals surface area contributed by atoms with Crippen LogP contribution in [0.1, 0.15) is 42.9 Å². The highest BCUT2D eigenvalue weighted by molar-refractivity contribution is 5.92. The number of nitrogens with one attached hydrogen (secondary N) is 2. The molecule has 2 aromatic carbocycles. The molecule has 0 aromatic heterocycles. The Hall–Kier alpha value is -2.29. The van der Waals surface area contributed by atoms with E-state index in [0.29, 0.717) is 18.9 Å². The quantitative estimate of drug-likeness (QED) is 0.799. The predicted molar refractivity (Wildman–Crippen MR) is 98.2 cm³/mol. The number of anilines is 2. The van der Waals surface area contributed by atoms with Gasteiger partial charge in [0.15, 0.2) is 0 Å². The number of para-hydroxylation sites is 2. The van der Waals surface area contributed by atoms with E-state index in [2.05, 4.69) is 36.6 Å². The summed E-state index contributed by atoms with van der Waals surface area (Å²) in [6.07, 6.45) is 0.445. The summed E-state index contributed by atoms with van der Waals surface area (Å²) in [5.41, 5.74) is 5.51. The number of amides is 1. The summed E-state index contributed by atoms with van der Waals surface area (Å²) in [6.45, 7) is 9.00. The van der Waals surface area contributed by atoms with Crippen LogP contribution in [-0.4, -0.2) is 12.5 Å². The van der Waals surface area contributed by atoms with Gasteiger partial charge in [-0.1, -0.05) is 50.2 Å². The van der Waals surface area contributed by atoms with Crippen LogP contribution < -0.4 is 10.6 Å². The highest BCUT2D eigenvalue weighted by atomic mass is 16.1. The third-order valence-corrected chi connectivity index (χ3v) is 4.00. The summed E-state index contributed by atoms with van der Waals surface area (Å²) in [6, 6.07) is 14.3. The second-order valence-electron chi connectivity index (χ2n) is 6.23. The number of aryl methyl sites for hydroxylation is 2. The van der Waals surface area contributed by atoms with E-state index in [9.17, 15) is 4.79 Å². The third kappa shape index (κ3) is 4.59. The zero-order chi connectivity index (χ0) is 16.8. The molecule has 0 fully saturated rings. The molecule has 3 heteroatoms. The van der Waals surface area contributed by atoms with Crippen molar-refractivity contribution >= 4 is 17.3 Å². The maximum absolute atomic E-state index is 12.2. The standard InChI is InChI=1S/C20H26N2O/c1-14(2)17-10-5-6-11-18(17)21-13-12-19(23)22-20-15(3)8-7-9-16(20)4/h5-11,14,21H,12-13H2,1-4H3,(H,22,23). The second kappa shape index (κ2) is 7.82. The lowest BCUT2D eigenvalue weighted by atomic mass is 10.0. The normalized spacial score (nSPS) is 10.7. The number of hydrogen-bond donors (Lipinski definition) is 2. The fourth-order valence-electron chi connectivity index (χ4n) is 2.69. The third-order valence-electron chi connectivity index (χ3n) is 4.00. The molecule has 0 bridgehead atoms. The molecule has 1 amide bonds. The van der Waals surface area contributed by atoms with Gasteiger partial charge in [0.1, 0.15) is 0 Å². The van der Waals surface area contributed by atoms with Crippen molar-refractivity contribution in [3.8, 4) is 0 Å². The lowest BCUT2D eigenvalue weighted by Gasteiger charge is -2.15. The minimum Gasteiger partial charge on any atom is -0.384 e. The van der Waals surface area contributed by atoms with Crippen LogP contribution in [0.25, 0.3) is 0 Å². The molecular weight excluding hydrogens is 284 g/mol. The SMILES string of the molecule is Cc1cccc(C)c1NC(=O)CCNc1ccccc1C(C)C. The molecule has 2 rings (SSSR count). The molecule has 0 aliphatic heterocycles. The smallest absolute Gasteiger partial charge is 0.226 e. The summed E-state index contributed by atoms with van der Waals surface area (Å²) in [5.74, 6) is 0.499. The lowest BCUT2D eigenvalue weighted by Crippen LogP contribution is -2.18. The molecule has 0 aliphatic rings. The highest BCUT2D eigenvalue weighted by Crippen LogP contribution is 2.23. The number of carbonyl (C=O) groups excluding carboxylic acids is 1. The number of rotatable bonds is 6. The van der Waals surface area contributed by atoms with Crippen LogP contribution in [0.2, 0.25) is 0 Å². The first-order valence-corrected chi connectivity index (χ1v) is 8.18. The average Bonchev–Trinajstić information content (AvgIpc) is 2.51. The van der Waals surface area contributed by atoms with E-state index in [1.54, 1.807) is 0 Å². The van der Waals surface area contributed by atoms with Gasteiger partial charge >= 0.3 is 0 Å². The van der Waals surface area contributed by atoms with Crippen LogP contribution in [0.5, 0.6) is 0 Å². The van der Waals surface area contributed by atoms with E-state index in [-0.39, 0.29) is 5.91 Å². The summed E-state index contributed by atoms with van der Waals surface area (Å²) < 4.78 is 0. The second-order valence-corrected chi connectivity index (χ2v) is 6.23. The number of carbonyl (C=O) groups is 1. The fourth-order valence-corrected chi connectivity index (χ4v) is 2.69. The van der Waals surface area contributed by atoms with Crippen molar-refractivity contribution in [3.63, 3.8) is 0 Å². The fraction of sp³-hybridized carbons (Fsp3) is 0.350. The highest BCUT2D eigenvalue weighted by Gasteiger charge is 2.08. The summed E-state index contributed by atoms with van der Waals surface area (Å²) >= 11 is 0. The molecular formula is C20H26N2O. The van der Waals surface area contributed by atoms with Crippen LogP contribution in [0.3, 0.4) is 0 Å². The van der Waals surface area contributed by atoms with E-state index in [1.807, 2.05) is 44.2 Å². The number of benzene rings is 2. The Balaban J connectivity index is 1.91. The largest absolute Gasteiger partial charge is 0.384 e. The van der Waals surface area contributed by atoms with Crippen LogP contribution in [0, 0.1) is 13.8 Å². The molecule has 3 nitrogen and oxygen atoms in total. The van der Waals surface area contributed by atoms with Crippen LogP contribution >= 0.6 is 0 Å². The van der Waals surface area contributed by atoms with Crippen molar-refractivity contribution in [2.24, 2.45) is 0 Å². The monoisotopic (exact) mass is 310 g/mol. The van der Waals surface area contributed by atoms with E-state index in [0.717, 1.165) is 22.5 Å². The molecule has 0 atom stereocenters. The molecule has 0 saturated heterocycles. The number of hydrogen-bond acceptors (Lipinski definition) is 2. The lowest BCUT2D eigenvalue weighted by molar-refractivity contribution is -0.115. The molecule has 0 saturated carbocycles. The van der Waals surface area contributed by atoms with Gasteiger partial charge in [0.25, 0.3) is 0 Å². The maximum atomic E-state index is 12.2. The Labute approximate surface area is 139 Å². The average molecular weight is 310 g/mol. The van der Waals surface area contributed by atoms with E-state index >= 15 is 0 Å². The molecule has 0 spiro atoms. The zero-order valence-electron chi connectivity index (χ0n) is 14.4. The van der Waals surface area contributed by atoms with Gasteiger partial charge in [-0.05, 0) is 42.5 Å². The van der Waals surface area contributed by atoms with E-state index < -0.39 is 0 Å². The molecule has 2 aromatic rings. The first-order chi connectivity index (χ1) is 11.0. The minimum absolute atomic E-state index is 0.0388. The van der Waals surface area contributed by atoms with Gasteiger partial charge in [0.05, 0.1) is 0 Å². The summed E-state index contributed by atoms with van der Waals surface area (Å²) in [4.78, 5) is 12.2. The molecule has 122 valence electrons. The topological polar surface area (TPSA) is 41.1 Å². The van der Waals surface area contributed by atoms with Gasteiger partial charge in [-0.15, -0.1) is 0 Å². The van der Waals surface area contributed by atoms with Crippen molar-refractivity contribution < 1.29 is 4.79 Å². The van der Waals surface area contributed by atoms with Gasteiger partial charge in [-0.3, -0.25) is 4.79 Å². The molecule has 23 heavy (non-hydrogen) atoms. The Bertz CT molecular complexity index is 657. The van der Waals surface area contributed by atoms with E-state index in [4.69, 9.17) is 0 Å². The first-order valence-electron chi connectivity index (χ1n) is 8.18. The van der Waals surface area contributed by atoms with Gasteiger partial charge in [0, 0.05) is 24.3 Å². The Kier molecular flexibility index (Phi) is 5.80. The van der Waals surface area contributed by atoms with Crippen LogP contribution in [-0.2, 0) is 4.79 Å². The molecule has 0 unspecified atom stereocenters. The first kappa shape index (κ1) is 17.1. The molecule has 0 heterocycles. The van der Waals surface area contributed by atoms with Gasteiger partial charge in [-0.2, -0.15) is 0 Å². The van der Waals surface area contributed by atoms with Gasteiger partial charge < -0.3 is 10.6 Å². The summed E-state index contributed by atoms with van der Waals surface area (Å²) in [5, 5.41) is 6.40. The Morgan fingerprint density at radius 1 is 1.00 bits per heavy atom. The van der Waals surface area contributed by atoms with Crippen LogP contribution in [0.15, 0.2) is 42.5 Å². The van der Waals surface area contributed by atoms with Crippen LogP contribution in [0.4, 0.5) is 11.4 Å². The Morgan fingerprint density at radius 3 is 2.30 bits per heavy atom. The van der Waals surface area contributed by atoms with Gasteiger partial charge in [0.2, 0.25) is 5.91 Å². The molecule has 2 N–H and O–H groups in total. The van der Waals surface area contributed by atoms with Crippen molar-refractivity contribution in [3.05, 3.63) is 59.2 Å². The summed E-state index contributed by atoms with van der Waals surface area (Å²) in [7, 11) is 0. The Morgan fingerprint density at radius 2 is 1.65 bits per heavy atom. The maximum Gasteiger partial charge on any atom is 0.226 e. The molecule has 0 radical (unpaired) electrons. The minimum atomic E-state index is 0.0388. The van der Waals surface area contributed by atoms with Gasteiger partial charge in [-0.25, -0.2) is 0 Å². The predicted octanol–water partition coefficient (Wildman–Crippen LogP) is 4.87.